The van der Waals surface area contributed by atoms with E-state index in [4.69, 9.17) is 11.2 Å². The first-order chi connectivity index (χ1) is 12.2. The van der Waals surface area contributed by atoms with Crippen LogP contribution in [0.3, 0.4) is 0 Å². The molecule has 1 aromatic heterocycles. The lowest BCUT2D eigenvalue weighted by Crippen LogP contribution is -2.36. The molecule has 2 fully saturated rings. The largest absolute Gasteiger partial charge is 0.441 e. The fraction of sp³-hybridized carbons (Fsp3) is 0.333. The first-order valence-corrected chi connectivity index (χ1v) is 8.73. The van der Waals surface area contributed by atoms with Gasteiger partial charge in [0.2, 0.25) is 0 Å². The first-order valence-electron chi connectivity index (χ1n) is 8.73. The molecule has 1 spiro atoms. The number of anilines is 1. The van der Waals surface area contributed by atoms with Gasteiger partial charge in [-0.3, -0.25) is 4.90 Å². The van der Waals surface area contributed by atoms with Gasteiger partial charge in [0.1, 0.15) is 5.60 Å². The molecule has 0 radical (unpaired) electrons. The molecule has 126 valence electrons. The van der Waals surface area contributed by atoms with E-state index in [-0.39, 0.29) is 11.7 Å². The molecule has 0 aromatic carbocycles. The number of carbonyl (C=O) groups is 1. The fourth-order valence-corrected chi connectivity index (χ4v) is 3.64. The number of pyridine rings is 1. The van der Waals surface area contributed by atoms with Crippen molar-refractivity contribution in [3.05, 3.63) is 48.2 Å². The van der Waals surface area contributed by atoms with Gasteiger partial charge in [0.25, 0.3) is 0 Å². The second kappa shape index (κ2) is 6.25. The predicted molar refractivity (Wildman–Crippen MR) is 97.3 cm³/mol. The highest BCUT2D eigenvalue weighted by molar-refractivity contribution is 5.90. The molecule has 4 aliphatic rings. The third-order valence-electron chi connectivity index (χ3n) is 5.05. The van der Waals surface area contributed by atoms with Crippen LogP contribution in [0.4, 0.5) is 10.6 Å². The maximum atomic E-state index is 12.1. The van der Waals surface area contributed by atoms with E-state index in [0.29, 0.717) is 17.9 Å². The van der Waals surface area contributed by atoms with E-state index in [1.54, 1.807) is 23.2 Å². The third-order valence-corrected chi connectivity index (χ3v) is 5.05. The minimum Gasteiger partial charge on any atom is -0.441 e. The highest BCUT2D eigenvalue weighted by Gasteiger charge is 2.46. The van der Waals surface area contributed by atoms with Crippen molar-refractivity contribution >= 4 is 11.9 Å². The maximum Gasteiger partial charge on any atom is 0.416 e. The Bertz CT molecular complexity index is 830. The number of ether oxygens (including phenoxy) is 1. The molecule has 0 N–H and O–H groups in total. The summed E-state index contributed by atoms with van der Waals surface area (Å²) in [6.07, 6.45) is 12.1. The molecule has 0 atom stereocenters. The minimum atomic E-state index is -0.322. The number of carbonyl (C=O) groups excluding carboxylic acids is 1. The monoisotopic (exact) mass is 332 g/mol. The van der Waals surface area contributed by atoms with Gasteiger partial charge in [-0.2, -0.15) is 0 Å². The van der Waals surface area contributed by atoms with Gasteiger partial charge in [-0.15, -0.1) is 6.42 Å². The van der Waals surface area contributed by atoms with Crippen LogP contribution in [0.2, 0.25) is 0 Å². The van der Waals surface area contributed by atoms with Crippen molar-refractivity contribution in [3.63, 3.8) is 0 Å². The second-order valence-corrected chi connectivity index (χ2v) is 6.80. The molecule has 1 amide bonds. The van der Waals surface area contributed by atoms with Crippen LogP contribution in [0.25, 0.3) is 11.1 Å². The average Bonchev–Trinajstić information content (AvgIpc) is 3.11. The summed E-state index contributed by atoms with van der Waals surface area (Å²) in [6.45, 7) is 0.567. The van der Waals surface area contributed by atoms with E-state index >= 15 is 0 Å². The van der Waals surface area contributed by atoms with Crippen molar-refractivity contribution in [1.82, 2.24) is 4.98 Å². The maximum absolute atomic E-state index is 12.1. The topological polar surface area (TPSA) is 42.4 Å². The smallest absolute Gasteiger partial charge is 0.416 e. The number of hydrogen-bond acceptors (Lipinski definition) is 3. The van der Waals surface area contributed by atoms with E-state index < -0.39 is 0 Å². The summed E-state index contributed by atoms with van der Waals surface area (Å²) in [6, 6.07) is 12.0. The lowest BCUT2D eigenvalue weighted by atomic mass is 9.85. The molecule has 5 rings (SSSR count). The van der Waals surface area contributed by atoms with Crippen LogP contribution in [-0.4, -0.2) is 23.2 Å². The summed E-state index contributed by atoms with van der Waals surface area (Å²) < 4.78 is 5.63. The van der Waals surface area contributed by atoms with E-state index in [9.17, 15) is 4.79 Å². The third kappa shape index (κ3) is 3.10. The summed E-state index contributed by atoms with van der Waals surface area (Å²) in [4.78, 5) is 17.9. The van der Waals surface area contributed by atoms with Crippen LogP contribution in [0, 0.1) is 12.3 Å². The molecule has 1 aromatic rings. The molecular weight excluding hydrogens is 312 g/mol. The van der Waals surface area contributed by atoms with Gasteiger partial charge in [0, 0.05) is 6.20 Å². The second-order valence-electron chi connectivity index (χ2n) is 6.80. The van der Waals surface area contributed by atoms with Gasteiger partial charge in [-0.1, -0.05) is 30.5 Å². The lowest BCUT2D eigenvalue weighted by Gasteiger charge is -2.30. The Balaban J connectivity index is 0.000000217. The van der Waals surface area contributed by atoms with E-state index in [1.807, 2.05) is 0 Å². The van der Waals surface area contributed by atoms with Gasteiger partial charge >= 0.3 is 6.09 Å². The molecule has 1 aliphatic heterocycles. The molecule has 0 bridgehead atoms. The van der Waals surface area contributed by atoms with Crippen LogP contribution in [0.5, 0.6) is 0 Å². The number of hydrogen-bond donors (Lipinski definition) is 0. The highest BCUT2D eigenvalue weighted by Crippen LogP contribution is 2.38. The Labute approximate surface area is 147 Å². The molecule has 25 heavy (non-hydrogen) atoms. The lowest BCUT2D eigenvalue weighted by molar-refractivity contribution is 0.0260. The number of fused-ring (bicyclic) bond motifs is 1. The van der Waals surface area contributed by atoms with Gasteiger partial charge in [0.05, 0.1) is 12.1 Å². The van der Waals surface area contributed by atoms with Crippen molar-refractivity contribution in [2.45, 2.75) is 37.7 Å². The standard InChI is InChI=1S/C15H16N2O2.C6H4/c1-2-12-7-6-10-16-13(12)17-11-15(19-14(17)18)8-4-3-5-9-15;1-2-5-4-6(5)3-1/h1,6-7,10H,3-5,8-9,11H2;1-4H. The summed E-state index contributed by atoms with van der Waals surface area (Å²) >= 11 is 0. The number of amides is 1. The molecule has 0 unspecified atom stereocenters. The fourth-order valence-electron chi connectivity index (χ4n) is 3.64. The van der Waals surface area contributed by atoms with Crippen molar-refractivity contribution in [2.75, 3.05) is 11.4 Å². The van der Waals surface area contributed by atoms with E-state index in [0.717, 1.165) is 25.7 Å². The predicted octanol–water partition coefficient (Wildman–Crippen LogP) is 4.39. The molecule has 1 saturated heterocycles. The van der Waals surface area contributed by atoms with Crippen LogP contribution >= 0.6 is 0 Å². The quantitative estimate of drug-likeness (QED) is 0.621. The number of benzene rings is 1. The van der Waals surface area contributed by atoms with Gasteiger partial charge in [0.15, 0.2) is 5.82 Å². The zero-order valence-electron chi connectivity index (χ0n) is 14.1. The molecule has 2 heterocycles. The summed E-state index contributed by atoms with van der Waals surface area (Å²) in [5, 5.41) is 0. The Morgan fingerprint density at radius 3 is 2.48 bits per heavy atom. The van der Waals surface area contributed by atoms with Crippen molar-refractivity contribution < 1.29 is 9.53 Å². The summed E-state index contributed by atoms with van der Waals surface area (Å²) in [7, 11) is 0. The van der Waals surface area contributed by atoms with Crippen LogP contribution in [0.15, 0.2) is 42.6 Å². The first kappa shape index (κ1) is 15.7. The Hall–Kier alpha value is -2.80. The normalized spacial score (nSPS) is 18.8. The van der Waals surface area contributed by atoms with Gasteiger partial charge in [-0.25, -0.2) is 9.78 Å². The molecule has 4 nitrogen and oxygen atoms in total. The molecule has 4 heteroatoms. The number of nitrogens with zero attached hydrogens (tertiary/aromatic N) is 2. The molecular formula is C21H20N2O2. The summed E-state index contributed by atoms with van der Waals surface area (Å²) in [5.74, 6) is 3.11. The van der Waals surface area contributed by atoms with Gasteiger partial charge in [-0.05, 0) is 55.0 Å². The van der Waals surface area contributed by atoms with Crippen LogP contribution in [0.1, 0.15) is 37.7 Å². The van der Waals surface area contributed by atoms with Crippen LogP contribution < -0.4 is 4.90 Å². The Morgan fingerprint density at radius 2 is 1.88 bits per heavy atom. The SMILES string of the molecule is C#Cc1cccnc1N1CC2(CCCCC2)OC1=O.c1cc2cc-2c1. The zero-order valence-corrected chi connectivity index (χ0v) is 14.1. The van der Waals surface area contributed by atoms with Gasteiger partial charge < -0.3 is 4.74 Å². The molecule has 3 aliphatic carbocycles. The average molecular weight is 332 g/mol. The van der Waals surface area contributed by atoms with Crippen molar-refractivity contribution in [1.29, 1.82) is 0 Å². The summed E-state index contributed by atoms with van der Waals surface area (Å²) in [5.41, 5.74) is 3.16. The van der Waals surface area contributed by atoms with Crippen LogP contribution in [-0.2, 0) is 4.74 Å². The minimum absolute atomic E-state index is 0.321. The highest BCUT2D eigenvalue weighted by atomic mass is 16.6. The number of aromatic nitrogens is 1. The van der Waals surface area contributed by atoms with Crippen molar-refractivity contribution in [2.24, 2.45) is 0 Å². The Morgan fingerprint density at radius 1 is 1.12 bits per heavy atom. The Kier molecular flexibility index (Phi) is 3.93. The number of rotatable bonds is 1. The molecule has 1 saturated carbocycles. The number of terminal acetylenes is 1. The van der Waals surface area contributed by atoms with Crippen molar-refractivity contribution in [3.8, 4) is 23.5 Å². The zero-order chi connectivity index (χ0) is 17.3. The van der Waals surface area contributed by atoms with E-state index in [1.165, 1.54) is 17.5 Å². The van der Waals surface area contributed by atoms with E-state index in [2.05, 4.69) is 35.2 Å².